The number of hydrogen-bond acceptors (Lipinski definition) is 4. The fraction of sp³-hybridized carbons (Fsp3) is 0.571. The highest BCUT2D eigenvalue weighted by atomic mass is 16.2. The molecule has 1 aliphatic rings. The summed E-state index contributed by atoms with van der Waals surface area (Å²) in [6.45, 7) is 7.30. The van der Waals surface area contributed by atoms with Crippen LogP contribution in [0, 0.1) is 0 Å². The molecule has 1 aromatic rings. The summed E-state index contributed by atoms with van der Waals surface area (Å²) >= 11 is 0. The number of rotatable bonds is 5. The van der Waals surface area contributed by atoms with Crippen LogP contribution in [0.1, 0.15) is 26.0 Å². The number of amides is 1. The minimum atomic E-state index is -0.0293. The second-order valence-electron chi connectivity index (χ2n) is 4.73. The first-order chi connectivity index (χ1) is 9.24. The molecule has 1 saturated heterocycles. The summed E-state index contributed by atoms with van der Waals surface area (Å²) in [7, 11) is 0. The second kappa shape index (κ2) is 6.52. The van der Waals surface area contributed by atoms with Gasteiger partial charge in [0.05, 0.1) is 11.7 Å². The minimum Gasteiger partial charge on any atom is -0.370 e. The van der Waals surface area contributed by atoms with Crippen molar-refractivity contribution in [2.45, 2.75) is 32.9 Å². The minimum absolute atomic E-state index is 0.0293. The van der Waals surface area contributed by atoms with E-state index in [1.807, 2.05) is 25.1 Å². The van der Waals surface area contributed by atoms with Crippen molar-refractivity contribution in [2.24, 2.45) is 0 Å². The van der Waals surface area contributed by atoms with Gasteiger partial charge < -0.3 is 10.6 Å². The zero-order valence-corrected chi connectivity index (χ0v) is 11.6. The van der Waals surface area contributed by atoms with E-state index in [-0.39, 0.29) is 11.9 Å². The summed E-state index contributed by atoms with van der Waals surface area (Å²) < 4.78 is 0. The first kappa shape index (κ1) is 13.8. The van der Waals surface area contributed by atoms with E-state index in [2.05, 4.69) is 27.4 Å². The van der Waals surface area contributed by atoms with Crippen molar-refractivity contribution >= 4 is 11.7 Å². The lowest BCUT2D eigenvalue weighted by molar-refractivity contribution is -0.129. The van der Waals surface area contributed by atoms with Crippen LogP contribution in [0.25, 0.3) is 0 Å². The van der Waals surface area contributed by atoms with Gasteiger partial charge >= 0.3 is 0 Å². The molecule has 0 aliphatic carbocycles. The number of anilines is 1. The predicted octanol–water partition coefficient (Wildman–Crippen LogP) is 1.22. The van der Waals surface area contributed by atoms with Gasteiger partial charge in [-0.05, 0) is 25.5 Å². The smallest absolute Gasteiger partial charge is 0.237 e. The van der Waals surface area contributed by atoms with E-state index in [0.717, 1.165) is 44.1 Å². The SMILES string of the molecule is CCNc1cccc(CN2CCNC(=O)C2CC)n1. The molecule has 1 fully saturated rings. The molecule has 0 saturated carbocycles. The Hall–Kier alpha value is -1.62. The highest BCUT2D eigenvalue weighted by Gasteiger charge is 2.27. The summed E-state index contributed by atoms with van der Waals surface area (Å²) in [5, 5.41) is 6.13. The number of nitrogens with zero attached hydrogens (tertiary/aromatic N) is 2. The fourth-order valence-electron chi connectivity index (χ4n) is 2.45. The van der Waals surface area contributed by atoms with Crippen LogP contribution < -0.4 is 10.6 Å². The second-order valence-corrected chi connectivity index (χ2v) is 4.73. The normalized spacial score (nSPS) is 20.1. The molecule has 1 aromatic heterocycles. The molecule has 5 nitrogen and oxygen atoms in total. The first-order valence-electron chi connectivity index (χ1n) is 6.96. The quantitative estimate of drug-likeness (QED) is 0.838. The zero-order chi connectivity index (χ0) is 13.7. The van der Waals surface area contributed by atoms with Crippen molar-refractivity contribution in [3.63, 3.8) is 0 Å². The Morgan fingerprint density at radius 1 is 1.47 bits per heavy atom. The largest absolute Gasteiger partial charge is 0.370 e. The Morgan fingerprint density at radius 3 is 3.05 bits per heavy atom. The van der Waals surface area contributed by atoms with Gasteiger partial charge in [-0.15, -0.1) is 0 Å². The molecule has 104 valence electrons. The average molecular weight is 262 g/mol. The summed E-state index contributed by atoms with van der Waals surface area (Å²) in [6.07, 6.45) is 0.832. The Labute approximate surface area is 114 Å². The maximum atomic E-state index is 11.8. The number of piperazine rings is 1. The lowest BCUT2D eigenvalue weighted by atomic mass is 10.1. The monoisotopic (exact) mass is 262 g/mol. The van der Waals surface area contributed by atoms with Crippen LogP contribution in [0.4, 0.5) is 5.82 Å². The van der Waals surface area contributed by atoms with E-state index in [9.17, 15) is 4.79 Å². The van der Waals surface area contributed by atoms with Gasteiger partial charge in [0.1, 0.15) is 5.82 Å². The first-order valence-corrected chi connectivity index (χ1v) is 6.96. The van der Waals surface area contributed by atoms with Gasteiger partial charge in [0.2, 0.25) is 5.91 Å². The molecule has 1 aliphatic heterocycles. The third-order valence-corrected chi connectivity index (χ3v) is 3.36. The van der Waals surface area contributed by atoms with Gasteiger partial charge in [0.25, 0.3) is 0 Å². The van der Waals surface area contributed by atoms with Crippen LogP contribution in [-0.2, 0) is 11.3 Å². The highest BCUT2D eigenvalue weighted by Crippen LogP contribution is 2.13. The number of carbonyl (C=O) groups excluding carboxylic acids is 1. The molecule has 2 N–H and O–H groups in total. The molecule has 0 radical (unpaired) electrons. The number of nitrogens with one attached hydrogen (secondary N) is 2. The van der Waals surface area contributed by atoms with E-state index in [0.29, 0.717) is 0 Å². The fourth-order valence-corrected chi connectivity index (χ4v) is 2.45. The summed E-state index contributed by atoms with van der Waals surface area (Å²) in [4.78, 5) is 18.6. The molecule has 1 atom stereocenters. The van der Waals surface area contributed by atoms with Crippen LogP contribution in [0.5, 0.6) is 0 Å². The number of hydrogen-bond donors (Lipinski definition) is 2. The summed E-state index contributed by atoms with van der Waals surface area (Å²) in [6, 6.07) is 5.96. The van der Waals surface area contributed by atoms with Crippen LogP contribution in [0.3, 0.4) is 0 Å². The lowest BCUT2D eigenvalue weighted by Crippen LogP contribution is -2.54. The molecule has 5 heteroatoms. The molecule has 2 heterocycles. The molecule has 0 aromatic carbocycles. The van der Waals surface area contributed by atoms with Gasteiger partial charge in [-0.25, -0.2) is 4.98 Å². The van der Waals surface area contributed by atoms with Crippen molar-refractivity contribution in [1.82, 2.24) is 15.2 Å². The Kier molecular flexibility index (Phi) is 4.74. The topological polar surface area (TPSA) is 57.3 Å². The number of carbonyl (C=O) groups is 1. The summed E-state index contributed by atoms with van der Waals surface area (Å²) in [5.41, 5.74) is 1.01. The Balaban J connectivity index is 2.06. The zero-order valence-electron chi connectivity index (χ0n) is 11.6. The molecule has 1 amide bonds. The Bertz CT molecular complexity index is 435. The van der Waals surface area contributed by atoms with Crippen LogP contribution >= 0.6 is 0 Å². The van der Waals surface area contributed by atoms with Crippen molar-refractivity contribution in [1.29, 1.82) is 0 Å². The third kappa shape index (κ3) is 3.44. The van der Waals surface area contributed by atoms with E-state index in [1.54, 1.807) is 0 Å². The third-order valence-electron chi connectivity index (χ3n) is 3.36. The van der Waals surface area contributed by atoms with Crippen molar-refractivity contribution in [3.8, 4) is 0 Å². The van der Waals surface area contributed by atoms with Crippen molar-refractivity contribution in [3.05, 3.63) is 23.9 Å². The van der Waals surface area contributed by atoms with Crippen LogP contribution in [0.2, 0.25) is 0 Å². The maximum absolute atomic E-state index is 11.8. The molecular weight excluding hydrogens is 240 g/mol. The average Bonchev–Trinajstić information content (AvgIpc) is 2.40. The van der Waals surface area contributed by atoms with E-state index >= 15 is 0 Å². The van der Waals surface area contributed by atoms with Gasteiger partial charge in [0.15, 0.2) is 0 Å². The molecule has 2 rings (SSSR count). The van der Waals surface area contributed by atoms with Gasteiger partial charge in [-0.2, -0.15) is 0 Å². The van der Waals surface area contributed by atoms with Crippen LogP contribution in [0.15, 0.2) is 18.2 Å². The molecule has 19 heavy (non-hydrogen) atoms. The molecular formula is C14H22N4O. The van der Waals surface area contributed by atoms with E-state index in [4.69, 9.17) is 0 Å². The molecule has 0 spiro atoms. The van der Waals surface area contributed by atoms with Crippen molar-refractivity contribution < 1.29 is 4.79 Å². The molecule has 0 bridgehead atoms. The Morgan fingerprint density at radius 2 is 2.32 bits per heavy atom. The standard InChI is InChI=1S/C14H22N4O/c1-3-12-14(19)16-8-9-18(12)10-11-6-5-7-13(17-11)15-4-2/h5-7,12H,3-4,8-10H2,1-2H3,(H,15,17)(H,16,19). The predicted molar refractivity (Wildman–Crippen MR) is 75.9 cm³/mol. The number of aromatic nitrogens is 1. The van der Waals surface area contributed by atoms with Gasteiger partial charge in [-0.1, -0.05) is 13.0 Å². The van der Waals surface area contributed by atoms with Gasteiger partial charge in [0, 0.05) is 26.2 Å². The molecule has 1 unspecified atom stereocenters. The number of pyridine rings is 1. The highest BCUT2D eigenvalue weighted by molar-refractivity contribution is 5.82. The van der Waals surface area contributed by atoms with E-state index in [1.165, 1.54) is 0 Å². The van der Waals surface area contributed by atoms with Gasteiger partial charge in [-0.3, -0.25) is 9.69 Å². The van der Waals surface area contributed by atoms with Crippen molar-refractivity contribution in [2.75, 3.05) is 25.0 Å². The van der Waals surface area contributed by atoms with Crippen LogP contribution in [-0.4, -0.2) is 41.5 Å². The maximum Gasteiger partial charge on any atom is 0.237 e. The summed E-state index contributed by atoms with van der Waals surface area (Å²) in [5.74, 6) is 1.03. The lowest BCUT2D eigenvalue weighted by Gasteiger charge is -2.34. The van der Waals surface area contributed by atoms with E-state index < -0.39 is 0 Å².